The number of carbonyl (C=O) groups is 1. The number of rotatable bonds is 9. The maximum absolute atomic E-state index is 13.4. The number of aromatic nitrogens is 2. The monoisotopic (exact) mass is 487 g/mol. The highest BCUT2D eigenvalue weighted by Gasteiger charge is 2.20. The second-order valence-electron chi connectivity index (χ2n) is 8.17. The number of nitrogens with zero attached hydrogens (tertiary/aromatic N) is 2. The maximum atomic E-state index is 13.4. The largest absolute Gasteiger partial charge is 0.459 e. The quantitative estimate of drug-likeness (QED) is 0.325. The van der Waals surface area contributed by atoms with Crippen LogP contribution in [0.25, 0.3) is 11.3 Å². The zero-order valence-electron chi connectivity index (χ0n) is 19.4. The number of hydrogen-bond acceptors (Lipinski definition) is 5. The molecule has 0 aliphatic heterocycles. The maximum Gasteiger partial charge on any atom is 0.326 e. The summed E-state index contributed by atoms with van der Waals surface area (Å²) in [7, 11) is 0. The lowest BCUT2D eigenvalue weighted by Gasteiger charge is -2.17. The first kappa shape index (κ1) is 24.2. The van der Waals surface area contributed by atoms with E-state index in [-0.39, 0.29) is 24.1 Å². The zero-order chi connectivity index (χ0) is 24.6. The van der Waals surface area contributed by atoms with Crippen LogP contribution in [0, 0.1) is 6.92 Å². The van der Waals surface area contributed by atoms with Crippen LogP contribution in [-0.4, -0.2) is 22.1 Å². The van der Waals surface area contributed by atoms with Gasteiger partial charge in [-0.15, -0.1) is 0 Å². The molecule has 0 unspecified atom stereocenters. The molecule has 0 fully saturated rings. The van der Waals surface area contributed by atoms with Gasteiger partial charge in [0.25, 0.3) is 5.56 Å². The second-order valence-corrected chi connectivity index (χ2v) is 8.53. The van der Waals surface area contributed by atoms with Gasteiger partial charge >= 0.3 is 5.97 Å². The highest BCUT2D eigenvalue weighted by molar-refractivity contribution is 6.32. The van der Waals surface area contributed by atoms with Gasteiger partial charge in [-0.2, -0.15) is 0 Å². The van der Waals surface area contributed by atoms with Gasteiger partial charge in [-0.05, 0) is 30.5 Å². The predicted octanol–water partition coefficient (Wildman–Crippen LogP) is 5.27. The molecule has 1 heterocycles. The van der Waals surface area contributed by atoms with Gasteiger partial charge in [0.2, 0.25) is 0 Å². The molecule has 0 saturated carbocycles. The van der Waals surface area contributed by atoms with Crippen molar-refractivity contribution in [3.8, 4) is 11.3 Å². The van der Waals surface area contributed by atoms with Crippen LogP contribution >= 0.6 is 11.6 Å². The van der Waals surface area contributed by atoms with Crippen molar-refractivity contribution in [1.82, 2.24) is 9.55 Å². The summed E-state index contributed by atoms with van der Waals surface area (Å²) in [5.41, 5.74) is 3.64. The number of anilines is 1. The van der Waals surface area contributed by atoms with Crippen molar-refractivity contribution in [3.05, 3.63) is 117 Å². The molecule has 0 bridgehead atoms. The summed E-state index contributed by atoms with van der Waals surface area (Å²) in [5, 5.41) is 3.22. The van der Waals surface area contributed by atoms with Crippen LogP contribution in [0.5, 0.6) is 0 Å². The van der Waals surface area contributed by atoms with E-state index in [1.807, 2.05) is 91.9 Å². The van der Waals surface area contributed by atoms with Gasteiger partial charge in [-0.25, -0.2) is 4.98 Å². The van der Waals surface area contributed by atoms with Crippen LogP contribution in [0.3, 0.4) is 0 Å². The molecule has 0 saturated heterocycles. The van der Waals surface area contributed by atoms with Crippen LogP contribution in [-0.2, 0) is 29.1 Å². The molecule has 178 valence electrons. The van der Waals surface area contributed by atoms with Crippen molar-refractivity contribution >= 4 is 23.4 Å². The Balaban J connectivity index is 1.61. The van der Waals surface area contributed by atoms with E-state index in [4.69, 9.17) is 16.3 Å². The molecule has 0 radical (unpaired) electrons. The topological polar surface area (TPSA) is 73.2 Å². The predicted molar refractivity (Wildman–Crippen MR) is 139 cm³/mol. The minimum Gasteiger partial charge on any atom is -0.459 e. The fourth-order valence-corrected chi connectivity index (χ4v) is 4.05. The van der Waals surface area contributed by atoms with E-state index < -0.39 is 11.5 Å². The van der Waals surface area contributed by atoms with E-state index in [1.54, 1.807) is 0 Å². The molecule has 0 aliphatic carbocycles. The van der Waals surface area contributed by atoms with Gasteiger partial charge in [-0.1, -0.05) is 96.0 Å². The molecule has 0 aliphatic rings. The number of esters is 1. The van der Waals surface area contributed by atoms with E-state index >= 15 is 0 Å². The minimum absolute atomic E-state index is 0.0955. The first-order valence-corrected chi connectivity index (χ1v) is 11.7. The van der Waals surface area contributed by atoms with Gasteiger partial charge < -0.3 is 10.1 Å². The number of ether oxygens (including phenoxy) is 1. The third kappa shape index (κ3) is 6.37. The smallest absolute Gasteiger partial charge is 0.326 e. The van der Waals surface area contributed by atoms with E-state index in [0.29, 0.717) is 24.2 Å². The summed E-state index contributed by atoms with van der Waals surface area (Å²) in [6, 6.07) is 26.9. The molecule has 0 spiro atoms. The summed E-state index contributed by atoms with van der Waals surface area (Å²) in [4.78, 5) is 30.5. The van der Waals surface area contributed by atoms with E-state index in [9.17, 15) is 9.59 Å². The van der Waals surface area contributed by atoms with Crippen LogP contribution in [0.4, 0.5) is 5.82 Å². The molecule has 1 aromatic heterocycles. The van der Waals surface area contributed by atoms with Crippen LogP contribution in [0.1, 0.15) is 16.7 Å². The van der Waals surface area contributed by atoms with E-state index in [1.165, 1.54) is 4.57 Å². The SMILES string of the molecule is Cc1cccc(-c2c(Cl)nc(NCCc3ccccc3)c(=O)n2CC(=O)OCc2ccccc2)c1. The van der Waals surface area contributed by atoms with Crippen LogP contribution in [0.15, 0.2) is 89.7 Å². The average molecular weight is 488 g/mol. The summed E-state index contributed by atoms with van der Waals surface area (Å²) >= 11 is 6.58. The van der Waals surface area contributed by atoms with Gasteiger partial charge in [0.05, 0.1) is 5.69 Å². The highest BCUT2D eigenvalue weighted by atomic mass is 35.5. The van der Waals surface area contributed by atoms with Gasteiger partial charge in [0, 0.05) is 12.1 Å². The Kier molecular flexibility index (Phi) is 7.95. The van der Waals surface area contributed by atoms with Crippen molar-refractivity contribution in [2.24, 2.45) is 0 Å². The van der Waals surface area contributed by atoms with Gasteiger partial charge in [-0.3, -0.25) is 14.2 Å². The third-order valence-corrected chi connectivity index (χ3v) is 5.76. The lowest BCUT2D eigenvalue weighted by molar-refractivity contribution is -0.145. The van der Waals surface area contributed by atoms with Gasteiger partial charge in [0.15, 0.2) is 11.0 Å². The number of hydrogen-bond donors (Lipinski definition) is 1. The number of carbonyl (C=O) groups excluding carboxylic acids is 1. The number of nitrogens with one attached hydrogen (secondary N) is 1. The van der Waals surface area contributed by atoms with Crippen LogP contribution < -0.4 is 10.9 Å². The lowest BCUT2D eigenvalue weighted by atomic mass is 10.1. The van der Waals surface area contributed by atoms with E-state index in [2.05, 4.69) is 10.3 Å². The molecule has 4 rings (SSSR count). The van der Waals surface area contributed by atoms with Crippen molar-refractivity contribution < 1.29 is 9.53 Å². The molecule has 6 nitrogen and oxygen atoms in total. The summed E-state index contributed by atoms with van der Waals surface area (Å²) in [6.45, 7) is 2.27. The van der Waals surface area contributed by atoms with Crippen LogP contribution in [0.2, 0.25) is 5.15 Å². The molecular weight excluding hydrogens is 462 g/mol. The van der Waals surface area contributed by atoms with Crippen molar-refractivity contribution in [3.63, 3.8) is 0 Å². The molecule has 3 aromatic carbocycles. The molecule has 0 atom stereocenters. The summed E-state index contributed by atoms with van der Waals surface area (Å²) < 4.78 is 6.77. The normalized spacial score (nSPS) is 10.7. The third-order valence-electron chi connectivity index (χ3n) is 5.49. The van der Waals surface area contributed by atoms with E-state index in [0.717, 1.165) is 16.7 Å². The first-order chi connectivity index (χ1) is 17.0. The Morgan fingerprint density at radius 1 is 0.971 bits per heavy atom. The average Bonchev–Trinajstić information content (AvgIpc) is 2.87. The first-order valence-electron chi connectivity index (χ1n) is 11.4. The molecule has 1 N–H and O–H groups in total. The molecule has 7 heteroatoms. The number of aryl methyl sites for hydroxylation is 1. The lowest BCUT2D eigenvalue weighted by Crippen LogP contribution is -2.30. The molecular formula is C28H26ClN3O3. The Morgan fingerprint density at radius 3 is 2.34 bits per heavy atom. The van der Waals surface area contributed by atoms with Crippen molar-refractivity contribution in [1.29, 1.82) is 0 Å². The van der Waals surface area contributed by atoms with Crippen molar-refractivity contribution in [2.45, 2.75) is 26.5 Å². The molecule has 35 heavy (non-hydrogen) atoms. The number of halogens is 1. The fraction of sp³-hybridized carbons (Fsp3) is 0.179. The zero-order valence-corrected chi connectivity index (χ0v) is 20.2. The molecule has 0 amide bonds. The molecule has 4 aromatic rings. The summed E-state index contributed by atoms with van der Waals surface area (Å²) in [6.07, 6.45) is 0.707. The standard InChI is InChI=1S/C28H26ClN3O3/c1-20-9-8-14-23(17-20)25-26(29)31-27(30-16-15-21-10-4-2-5-11-21)28(34)32(25)18-24(33)35-19-22-12-6-3-7-13-22/h2-14,17H,15-16,18-19H2,1H3,(H,30,31). The Labute approximate surface area is 209 Å². The Hall–Kier alpha value is -3.90. The minimum atomic E-state index is -0.539. The summed E-state index contributed by atoms with van der Waals surface area (Å²) in [5.74, 6) is -0.444. The second kappa shape index (κ2) is 11.5. The highest BCUT2D eigenvalue weighted by Crippen LogP contribution is 2.27. The fourth-order valence-electron chi connectivity index (χ4n) is 3.76. The van der Waals surface area contributed by atoms with Gasteiger partial charge in [0.1, 0.15) is 13.2 Å². The Morgan fingerprint density at radius 2 is 1.66 bits per heavy atom. The Bertz CT molecular complexity index is 1360. The number of benzene rings is 3. The van der Waals surface area contributed by atoms with Crippen molar-refractivity contribution in [2.75, 3.05) is 11.9 Å².